The van der Waals surface area contributed by atoms with Crippen LogP contribution in [0.2, 0.25) is 0 Å². The first-order chi connectivity index (χ1) is 12.5. The number of thiophene rings is 1. The summed E-state index contributed by atoms with van der Waals surface area (Å²) in [4.78, 5) is 3.37. The van der Waals surface area contributed by atoms with Crippen LogP contribution in [0, 0.1) is 0 Å². The molecule has 0 radical (unpaired) electrons. The van der Waals surface area contributed by atoms with E-state index in [9.17, 15) is 8.42 Å². The van der Waals surface area contributed by atoms with E-state index in [0.29, 0.717) is 23.3 Å². The number of sulfonamides is 1. The zero-order valence-electron chi connectivity index (χ0n) is 14.9. The minimum atomic E-state index is -3.42. The largest absolute Gasteiger partial charge is 0.379 e. The molecule has 0 amide bonds. The van der Waals surface area contributed by atoms with Crippen molar-refractivity contribution in [2.75, 3.05) is 39.4 Å². The van der Waals surface area contributed by atoms with Gasteiger partial charge in [0.25, 0.3) is 10.0 Å². The van der Waals surface area contributed by atoms with Gasteiger partial charge in [-0.05, 0) is 25.0 Å². The Labute approximate surface area is 158 Å². The van der Waals surface area contributed by atoms with Crippen molar-refractivity contribution in [2.45, 2.75) is 23.1 Å². The molecule has 2 aliphatic rings. The molecule has 0 aliphatic carbocycles. The van der Waals surface area contributed by atoms with Gasteiger partial charge in [0.05, 0.1) is 19.4 Å². The number of aromatic nitrogens is 2. The number of piperidine rings is 1. The molecule has 4 rings (SSSR count). The highest BCUT2D eigenvalue weighted by Gasteiger charge is 2.33. The van der Waals surface area contributed by atoms with Crippen molar-refractivity contribution in [3.8, 4) is 10.4 Å². The first-order valence-electron chi connectivity index (χ1n) is 8.95. The number of nitrogens with zero attached hydrogens (tertiary/aromatic N) is 4. The summed E-state index contributed by atoms with van der Waals surface area (Å²) in [5, 5.41) is 4.16. The van der Waals surface area contributed by atoms with Crippen molar-refractivity contribution in [3.63, 3.8) is 0 Å². The average Bonchev–Trinajstić information content (AvgIpc) is 3.32. The second-order valence-electron chi connectivity index (χ2n) is 6.80. The van der Waals surface area contributed by atoms with Crippen molar-refractivity contribution in [1.29, 1.82) is 0 Å². The molecule has 9 heteroatoms. The lowest BCUT2D eigenvalue weighted by Gasteiger charge is -2.39. The van der Waals surface area contributed by atoms with Crippen LogP contribution in [0.5, 0.6) is 0 Å². The molecule has 26 heavy (non-hydrogen) atoms. The van der Waals surface area contributed by atoms with E-state index in [2.05, 4.69) is 10.00 Å². The van der Waals surface area contributed by atoms with Gasteiger partial charge < -0.3 is 4.74 Å². The first kappa shape index (κ1) is 18.1. The number of hydrogen-bond donors (Lipinski definition) is 0. The SMILES string of the molecule is Cn1cc(-c2ccc(S(=O)(=O)N3CCC(N4CCOCC4)CC3)s2)cn1. The minimum Gasteiger partial charge on any atom is -0.379 e. The Morgan fingerprint density at radius 2 is 1.88 bits per heavy atom. The van der Waals surface area contributed by atoms with Gasteiger partial charge in [0, 0.05) is 55.9 Å². The highest BCUT2D eigenvalue weighted by molar-refractivity contribution is 7.91. The molecule has 0 N–H and O–H groups in total. The Kier molecular flexibility index (Phi) is 5.15. The van der Waals surface area contributed by atoms with E-state index in [1.807, 2.05) is 19.3 Å². The van der Waals surface area contributed by atoms with Gasteiger partial charge in [0.1, 0.15) is 4.21 Å². The van der Waals surface area contributed by atoms with Crippen molar-refractivity contribution in [3.05, 3.63) is 24.5 Å². The van der Waals surface area contributed by atoms with Crippen molar-refractivity contribution >= 4 is 21.4 Å². The molecule has 2 aliphatic heterocycles. The summed E-state index contributed by atoms with van der Waals surface area (Å²) in [5.41, 5.74) is 0.949. The topological polar surface area (TPSA) is 67.7 Å². The summed E-state index contributed by atoms with van der Waals surface area (Å²) in [6, 6.07) is 4.06. The van der Waals surface area contributed by atoms with E-state index in [0.717, 1.165) is 49.6 Å². The van der Waals surface area contributed by atoms with Crippen molar-refractivity contribution in [2.24, 2.45) is 7.05 Å². The van der Waals surface area contributed by atoms with Crippen molar-refractivity contribution < 1.29 is 13.2 Å². The fourth-order valence-electron chi connectivity index (χ4n) is 3.68. The predicted molar refractivity (Wildman–Crippen MR) is 101 cm³/mol. The van der Waals surface area contributed by atoms with Crippen LogP contribution in [0.4, 0.5) is 0 Å². The molecule has 2 saturated heterocycles. The van der Waals surface area contributed by atoms with Gasteiger partial charge in [-0.25, -0.2) is 8.42 Å². The third-order valence-electron chi connectivity index (χ3n) is 5.15. The summed E-state index contributed by atoms with van der Waals surface area (Å²) >= 11 is 1.32. The molecular weight excluding hydrogens is 372 g/mol. The zero-order chi connectivity index (χ0) is 18.1. The standard InChI is InChI=1S/C17H24N4O3S2/c1-19-13-14(12-18-19)16-2-3-17(25-16)26(22,23)21-6-4-15(5-7-21)20-8-10-24-11-9-20/h2-3,12-13,15H,4-11H2,1H3. The number of hydrogen-bond acceptors (Lipinski definition) is 6. The van der Waals surface area contributed by atoms with E-state index >= 15 is 0 Å². The van der Waals surface area contributed by atoms with Crippen molar-refractivity contribution in [1.82, 2.24) is 19.0 Å². The third-order valence-corrected chi connectivity index (χ3v) is 8.65. The molecule has 0 unspecified atom stereocenters. The highest BCUT2D eigenvalue weighted by atomic mass is 32.2. The second-order valence-corrected chi connectivity index (χ2v) is 10.1. The maximum Gasteiger partial charge on any atom is 0.252 e. The number of aryl methyl sites for hydroxylation is 1. The van der Waals surface area contributed by atoms with Crippen LogP contribution in [0.25, 0.3) is 10.4 Å². The Bertz CT molecular complexity index is 847. The fraction of sp³-hybridized carbons (Fsp3) is 0.588. The maximum atomic E-state index is 13.0. The summed E-state index contributed by atoms with van der Waals surface area (Å²) in [7, 11) is -1.56. The van der Waals surface area contributed by atoms with Gasteiger partial charge in [-0.2, -0.15) is 9.40 Å². The first-order valence-corrected chi connectivity index (χ1v) is 11.2. The monoisotopic (exact) mass is 396 g/mol. The van der Waals surface area contributed by atoms with Crippen LogP contribution < -0.4 is 0 Å². The third kappa shape index (κ3) is 3.59. The Hall–Kier alpha value is -1.26. The smallest absolute Gasteiger partial charge is 0.252 e. The van der Waals surface area contributed by atoms with Gasteiger partial charge in [-0.3, -0.25) is 9.58 Å². The van der Waals surface area contributed by atoms with Crippen LogP contribution >= 0.6 is 11.3 Å². The number of ether oxygens (including phenoxy) is 1. The lowest BCUT2D eigenvalue weighted by molar-refractivity contribution is 0.00611. The number of morpholine rings is 1. The molecule has 0 aromatic carbocycles. The quantitative estimate of drug-likeness (QED) is 0.786. The molecular formula is C17H24N4O3S2. The zero-order valence-corrected chi connectivity index (χ0v) is 16.5. The normalized spacial score (nSPS) is 21.3. The molecule has 0 spiro atoms. The van der Waals surface area contributed by atoms with Gasteiger partial charge >= 0.3 is 0 Å². The lowest BCUT2D eigenvalue weighted by Crippen LogP contribution is -2.49. The van der Waals surface area contributed by atoms with Crippen LogP contribution in [0.3, 0.4) is 0 Å². The van der Waals surface area contributed by atoms with E-state index in [1.54, 1.807) is 21.3 Å². The Morgan fingerprint density at radius 3 is 2.54 bits per heavy atom. The molecule has 4 heterocycles. The van der Waals surface area contributed by atoms with Gasteiger partial charge in [0.2, 0.25) is 0 Å². The molecule has 142 valence electrons. The summed E-state index contributed by atoms with van der Waals surface area (Å²) < 4.78 is 35.2. The van der Waals surface area contributed by atoms with E-state index < -0.39 is 10.0 Å². The summed E-state index contributed by atoms with van der Waals surface area (Å²) in [6.45, 7) is 4.65. The van der Waals surface area contributed by atoms with Gasteiger partial charge in [0.15, 0.2) is 0 Å². The molecule has 0 saturated carbocycles. The number of rotatable bonds is 4. The van der Waals surface area contributed by atoms with Crippen LogP contribution in [-0.2, 0) is 21.8 Å². The van der Waals surface area contributed by atoms with E-state index in [-0.39, 0.29) is 0 Å². The molecule has 0 bridgehead atoms. The van der Waals surface area contributed by atoms with E-state index in [4.69, 9.17) is 4.74 Å². The maximum absolute atomic E-state index is 13.0. The Balaban J connectivity index is 1.43. The lowest BCUT2D eigenvalue weighted by atomic mass is 10.0. The average molecular weight is 397 g/mol. The second kappa shape index (κ2) is 7.40. The molecule has 7 nitrogen and oxygen atoms in total. The highest BCUT2D eigenvalue weighted by Crippen LogP contribution is 2.33. The fourth-order valence-corrected chi connectivity index (χ4v) is 6.58. The Morgan fingerprint density at radius 1 is 1.15 bits per heavy atom. The predicted octanol–water partition coefficient (Wildman–Crippen LogP) is 1.63. The molecule has 2 fully saturated rings. The van der Waals surface area contributed by atoms with E-state index in [1.165, 1.54) is 11.3 Å². The van der Waals surface area contributed by atoms with Crippen LogP contribution in [-0.4, -0.2) is 72.8 Å². The molecule has 0 atom stereocenters. The molecule has 2 aromatic rings. The van der Waals surface area contributed by atoms with Crippen LogP contribution in [0.1, 0.15) is 12.8 Å². The van der Waals surface area contributed by atoms with Gasteiger partial charge in [-0.1, -0.05) is 0 Å². The summed E-state index contributed by atoms with van der Waals surface area (Å²) in [5.74, 6) is 0. The van der Waals surface area contributed by atoms with Crippen LogP contribution in [0.15, 0.2) is 28.7 Å². The minimum absolute atomic E-state index is 0.418. The molecule has 2 aromatic heterocycles. The van der Waals surface area contributed by atoms with Gasteiger partial charge in [-0.15, -0.1) is 11.3 Å². The summed E-state index contributed by atoms with van der Waals surface area (Å²) in [6.07, 6.45) is 5.44.